The van der Waals surface area contributed by atoms with Crippen molar-refractivity contribution < 1.29 is 118 Å². The maximum absolute atomic E-state index is 12.5. The number of benzene rings is 1. The molecule has 4 atom stereocenters. The molecule has 1 aromatic carbocycles. The molecule has 16 heteroatoms. The van der Waals surface area contributed by atoms with E-state index in [-0.39, 0.29) is 118 Å². The van der Waals surface area contributed by atoms with Crippen LogP contribution in [0.4, 0.5) is 0 Å². The van der Waals surface area contributed by atoms with Gasteiger partial charge in [0, 0.05) is 91.1 Å². The third-order valence-corrected chi connectivity index (χ3v) is 14.3. The third kappa shape index (κ3) is 30.8. The average Bonchev–Trinajstić information content (AvgIpc) is 3.65. The minimum atomic E-state index is -3.38. The van der Waals surface area contributed by atoms with Gasteiger partial charge in [0.2, 0.25) is 14.2 Å². The van der Waals surface area contributed by atoms with Gasteiger partial charge in [0.05, 0.1) is 39.4 Å². The summed E-state index contributed by atoms with van der Waals surface area (Å²) < 4.78 is 30.9. The van der Waals surface area contributed by atoms with Gasteiger partial charge in [-0.25, -0.2) is 13.4 Å². The van der Waals surface area contributed by atoms with E-state index in [0.717, 1.165) is 67.2 Å². The van der Waals surface area contributed by atoms with Crippen molar-refractivity contribution in [3.8, 4) is 0 Å². The zero-order valence-electron chi connectivity index (χ0n) is 42.6. The predicted octanol–water partition coefficient (Wildman–Crippen LogP) is 9.88. The number of Topliss-reactive ketones (excluding diaryl/α,β-unsaturated/α-hetero) is 2. The number of hydrogen-bond acceptors (Lipinski definition) is 13. The number of sulfone groups is 1. The first kappa shape index (κ1) is 67.3. The second kappa shape index (κ2) is 32.5. The Balaban J connectivity index is 0.00000103. The Bertz CT molecular complexity index is 2110. The number of esters is 1. The molecule has 4 unspecified atom stereocenters. The standard InChI is InChI=1S/C22H31NO3S2.C21H36O3.C10H12O5.2Y/c1-21(2,15-11-16-22(3,4)24)14-9-5-6-10-17-28(25,26)20-23-18-12-7-8-13-19(18)27-20;1-20(2,12-9-13-21(3,4)24)11-8-6-5-7-10-17-14-18(22)16-19(23)15-17;1-6(12)15-9-3-7(10(14)5-11)2-8(13)4-9;;/h6-8,10-13,16,24H,5,9,14-15,17H2,1-4H3;5,7,9-10,13,18-19,22-24H,6,8,11-12,14-16H2,1-4H3;5,7,9H,2-4H2,1H3;;/b10-6+,16-11-;7-5+,13-9-,17-10?;;;. The first-order valence-corrected chi connectivity index (χ1v) is 26.0. The summed E-state index contributed by atoms with van der Waals surface area (Å²) >= 11 is 1.23. The van der Waals surface area contributed by atoms with Crippen molar-refractivity contribution in [3.05, 3.63) is 84.5 Å². The number of aliphatic hydroxyl groups excluding tert-OH is 2. The van der Waals surface area contributed by atoms with Gasteiger partial charge >= 0.3 is 5.97 Å². The van der Waals surface area contributed by atoms with Gasteiger partial charge < -0.3 is 25.2 Å². The second-order valence-electron chi connectivity index (χ2n) is 20.7. The van der Waals surface area contributed by atoms with E-state index in [1.54, 1.807) is 33.8 Å². The van der Waals surface area contributed by atoms with E-state index in [2.05, 4.69) is 50.9 Å². The van der Waals surface area contributed by atoms with Crippen molar-refractivity contribution >= 4 is 55.2 Å². The summed E-state index contributed by atoms with van der Waals surface area (Å²) in [5.74, 6) is -1.85. The van der Waals surface area contributed by atoms with Gasteiger partial charge in [0.1, 0.15) is 11.9 Å². The van der Waals surface area contributed by atoms with E-state index in [0.29, 0.717) is 19.3 Å². The fourth-order valence-corrected chi connectivity index (χ4v) is 10.1. The molecule has 69 heavy (non-hydrogen) atoms. The summed E-state index contributed by atoms with van der Waals surface area (Å²) in [6.45, 7) is 17.3. The van der Waals surface area contributed by atoms with Crippen molar-refractivity contribution in [3.63, 3.8) is 0 Å². The number of aldehydes is 1. The molecular formula is C53H79NO11S2Y2. The van der Waals surface area contributed by atoms with Gasteiger partial charge in [0.15, 0.2) is 12.1 Å². The number of thiazole rings is 1. The number of ether oxygens (including phenoxy) is 1. The van der Waals surface area contributed by atoms with Crippen molar-refractivity contribution in [1.29, 1.82) is 0 Å². The van der Waals surface area contributed by atoms with Crippen LogP contribution in [0.5, 0.6) is 0 Å². The number of nitrogens with zero attached hydrogens (tertiary/aromatic N) is 1. The van der Waals surface area contributed by atoms with Crippen LogP contribution in [0.1, 0.15) is 152 Å². The number of carbonyl (C=O) groups is 4. The van der Waals surface area contributed by atoms with Gasteiger partial charge in [-0.1, -0.05) is 100 Å². The number of fused-ring (bicyclic) bond motifs is 1. The molecule has 1 aromatic heterocycles. The Hall–Kier alpha value is -1.71. The molecule has 2 aromatic rings. The van der Waals surface area contributed by atoms with E-state index >= 15 is 0 Å². The smallest absolute Gasteiger partial charge is 0.302 e. The number of rotatable bonds is 21. The quantitative estimate of drug-likeness (QED) is 0.0303. The minimum Gasteiger partial charge on any atom is -0.462 e. The molecule has 0 spiro atoms. The summed E-state index contributed by atoms with van der Waals surface area (Å²) in [6.07, 6.45) is 27.1. The van der Waals surface area contributed by atoms with E-state index < -0.39 is 57.0 Å². The van der Waals surface area contributed by atoms with Crippen LogP contribution < -0.4 is 0 Å². The zero-order valence-corrected chi connectivity index (χ0v) is 49.9. The molecular weight excluding hydrogens is 1070 g/mol. The van der Waals surface area contributed by atoms with Gasteiger partial charge in [0.25, 0.3) is 0 Å². The van der Waals surface area contributed by atoms with E-state index in [4.69, 9.17) is 4.74 Å². The Morgan fingerprint density at radius 3 is 1.83 bits per heavy atom. The minimum absolute atomic E-state index is 0. The van der Waals surface area contributed by atoms with Crippen molar-refractivity contribution in [1.82, 2.24) is 4.98 Å². The normalized spacial score (nSPS) is 19.4. The summed E-state index contributed by atoms with van der Waals surface area (Å²) in [5.41, 5.74) is 0.764. The molecule has 0 aliphatic heterocycles. The van der Waals surface area contributed by atoms with Crippen molar-refractivity contribution in [2.24, 2.45) is 16.7 Å². The summed E-state index contributed by atoms with van der Waals surface area (Å²) in [7, 11) is -3.38. The van der Waals surface area contributed by atoms with Gasteiger partial charge in [-0.2, -0.15) is 0 Å². The SMILES string of the molecule is CC(=O)OC1CC(=O)CC(C(=O)C=O)C1.CC(C)(O)/C=C\CC(C)(C)CCC/C=C/C=C1CC(O)CC(O)C1.CC(C)(O)/C=C\CC(C)(C)CCC/C=C/CS(=O)(=O)c1nc2ccccc2s1.[Y].[Y]. The molecule has 0 amide bonds. The first-order valence-electron chi connectivity index (χ1n) is 23.5. The number of ketones is 2. The maximum Gasteiger partial charge on any atom is 0.302 e. The maximum atomic E-state index is 12.5. The van der Waals surface area contributed by atoms with Crippen LogP contribution in [-0.2, 0) is 99.2 Å². The van der Waals surface area contributed by atoms with E-state index in [1.165, 1.54) is 18.3 Å². The van der Waals surface area contributed by atoms with Crippen LogP contribution in [0.15, 0.2) is 88.9 Å². The van der Waals surface area contributed by atoms with Crippen molar-refractivity contribution in [2.45, 2.75) is 186 Å². The van der Waals surface area contributed by atoms with E-state index in [9.17, 15) is 48.0 Å². The molecule has 2 saturated carbocycles. The summed E-state index contributed by atoms with van der Waals surface area (Å²) in [6, 6.07) is 7.47. The molecule has 0 bridgehead atoms. The van der Waals surface area contributed by atoms with Crippen LogP contribution in [0, 0.1) is 16.7 Å². The van der Waals surface area contributed by atoms with Crippen molar-refractivity contribution in [2.75, 3.05) is 5.75 Å². The molecule has 380 valence electrons. The zero-order chi connectivity index (χ0) is 50.5. The molecule has 2 aliphatic rings. The van der Waals surface area contributed by atoms with Gasteiger partial charge in [-0.05, 0) is 128 Å². The van der Waals surface area contributed by atoms with Crippen LogP contribution in [0.2, 0.25) is 0 Å². The third-order valence-electron chi connectivity index (χ3n) is 11.2. The fourth-order valence-electron chi connectivity index (χ4n) is 7.64. The molecule has 4 N–H and O–H groups in total. The molecule has 2 radical (unpaired) electrons. The summed E-state index contributed by atoms with van der Waals surface area (Å²) in [4.78, 5) is 47.5. The molecule has 4 rings (SSSR count). The number of allylic oxidation sites excluding steroid dienone is 6. The number of carbonyl (C=O) groups excluding carboxylic acids is 4. The molecule has 1 heterocycles. The van der Waals surface area contributed by atoms with Gasteiger partial charge in [-0.3, -0.25) is 19.2 Å². The monoisotopic (exact) mass is 1150 g/mol. The number of hydrogen-bond donors (Lipinski definition) is 4. The first-order chi connectivity index (χ1) is 31.1. The molecule has 12 nitrogen and oxygen atoms in total. The predicted molar refractivity (Wildman–Crippen MR) is 268 cm³/mol. The van der Waals surface area contributed by atoms with Crippen LogP contribution >= 0.6 is 11.3 Å². The number of aromatic nitrogens is 1. The molecule has 0 saturated heterocycles. The number of para-hydroxylation sites is 1. The Morgan fingerprint density at radius 2 is 1.32 bits per heavy atom. The van der Waals surface area contributed by atoms with E-state index in [1.807, 2.05) is 54.6 Å². The Kier molecular flexibility index (Phi) is 31.7. The fraction of sp³-hybridized carbons (Fsp3) is 0.604. The number of unbranched alkanes of at least 4 members (excludes halogenated alkanes) is 2. The average molecular weight is 1150 g/mol. The molecule has 2 aliphatic carbocycles. The van der Waals surface area contributed by atoms with Crippen LogP contribution in [-0.4, -0.2) is 92.9 Å². The Morgan fingerprint density at radius 1 is 0.783 bits per heavy atom. The molecule has 2 fully saturated rings. The second-order valence-corrected chi connectivity index (χ2v) is 23.9. The number of aliphatic hydroxyl groups is 4. The summed E-state index contributed by atoms with van der Waals surface area (Å²) in [5, 5.41) is 38.7. The van der Waals surface area contributed by atoms with Crippen LogP contribution in [0.3, 0.4) is 0 Å². The largest absolute Gasteiger partial charge is 0.462 e. The van der Waals surface area contributed by atoms with Gasteiger partial charge in [-0.15, -0.1) is 11.3 Å². The van der Waals surface area contributed by atoms with Crippen LogP contribution in [0.25, 0.3) is 10.2 Å². The topological polar surface area (TPSA) is 205 Å². The Labute approximate surface area is 467 Å².